The van der Waals surface area contributed by atoms with Gasteiger partial charge in [0.1, 0.15) is 5.82 Å². The Morgan fingerprint density at radius 3 is 2.60 bits per heavy atom. The molecule has 0 saturated carbocycles. The van der Waals surface area contributed by atoms with Crippen LogP contribution >= 0.6 is 0 Å². The maximum Gasteiger partial charge on any atom is 0.191 e. The van der Waals surface area contributed by atoms with E-state index < -0.39 is 0 Å². The number of nitrogens with zero attached hydrogens (tertiary/aromatic N) is 3. The third-order valence-corrected chi connectivity index (χ3v) is 4.29. The quantitative estimate of drug-likeness (QED) is 0.418. The number of nitrogens with one attached hydrogen (secondary N) is 2. The maximum atomic E-state index is 4.73. The number of hydrogen-bond donors (Lipinski definition) is 2. The van der Waals surface area contributed by atoms with E-state index in [2.05, 4.69) is 58.3 Å². The molecule has 0 amide bonds. The summed E-state index contributed by atoms with van der Waals surface area (Å²) in [5, 5.41) is 6.76. The summed E-state index contributed by atoms with van der Waals surface area (Å²) in [5.41, 5.74) is 2.68. The molecular formula is C20H31N5. The van der Waals surface area contributed by atoms with Gasteiger partial charge >= 0.3 is 0 Å². The van der Waals surface area contributed by atoms with E-state index in [1.54, 1.807) is 0 Å². The fraction of sp³-hybridized carbons (Fsp3) is 0.500. The van der Waals surface area contributed by atoms with Gasteiger partial charge in [0.15, 0.2) is 5.96 Å². The summed E-state index contributed by atoms with van der Waals surface area (Å²) in [6.45, 7) is 9.86. The molecule has 5 nitrogen and oxygen atoms in total. The number of benzene rings is 1. The van der Waals surface area contributed by atoms with Crippen LogP contribution in [0.5, 0.6) is 0 Å². The summed E-state index contributed by atoms with van der Waals surface area (Å²) < 4.78 is 2.20. The van der Waals surface area contributed by atoms with E-state index in [1.165, 1.54) is 11.1 Å². The lowest BCUT2D eigenvalue weighted by Gasteiger charge is -2.12. The molecule has 2 aromatic rings. The lowest BCUT2D eigenvalue weighted by Crippen LogP contribution is -2.37. The summed E-state index contributed by atoms with van der Waals surface area (Å²) >= 11 is 0. The van der Waals surface area contributed by atoms with Crippen LogP contribution in [-0.2, 0) is 19.5 Å². The standard InChI is InChI=1S/C20H31N5/c1-4-18-10-6-7-11-19(18)16-24-20(21-5-2)23-12-8-9-14-25-15-13-22-17(25)3/h6-7,10-11,13,15H,4-5,8-9,12,14,16H2,1-3H3,(H2,21,23,24). The van der Waals surface area contributed by atoms with Gasteiger partial charge in [-0.3, -0.25) is 0 Å². The third kappa shape index (κ3) is 6.25. The number of guanidine groups is 1. The van der Waals surface area contributed by atoms with Crippen molar-refractivity contribution >= 4 is 5.96 Å². The van der Waals surface area contributed by atoms with Crippen molar-refractivity contribution in [3.05, 3.63) is 53.6 Å². The number of aliphatic imine (C=N–C) groups is 1. The molecule has 0 spiro atoms. The van der Waals surface area contributed by atoms with Gasteiger partial charge in [-0.05, 0) is 44.2 Å². The van der Waals surface area contributed by atoms with Gasteiger partial charge in [-0.25, -0.2) is 9.98 Å². The molecule has 2 rings (SSSR count). The van der Waals surface area contributed by atoms with Crippen LogP contribution < -0.4 is 10.6 Å². The van der Waals surface area contributed by atoms with Crippen molar-refractivity contribution in [2.45, 2.75) is 53.1 Å². The second-order valence-corrected chi connectivity index (χ2v) is 6.12. The number of unbranched alkanes of at least 4 members (excludes halogenated alkanes) is 1. The van der Waals surface area contributed by atoms with Gasteiger partial charge in [0, 0.05) is 32.0 Å². The van der Waals surface area contributed by atoms with E-state index in [4.69, 9.17) is 4.99 Å². The van der Waals surface area contributed by atoms with Crippen LogP contribution in [0.1, 0.15) is 43.6 Å². The van der Waals surface area contributed by atoms with Gasteiger partial charge < -0.3 is 15.2 Å². The molecule has 136 valence electrons. The van der Waals surface area contributed by atoms with Crippen LogP contribution in [0.2, 0.25) is 0 Å². The minimum absolute atomic E-state index is 0.716. The number of aryl methyl sites for hydroxylation is 3. The highest BCUT2D eigenvalue weighted by Crippen LogP contribution is 2.10. The number of rotatable bonds is 9. The zero-order valence-corrected chi connectivity index (χ0v) is 15.8. The number of imidazole rings is 1. The fourth-order valence-electron chi connectivity index (χ4n) is 2.82. The average molecular weight is 342 g/mol. The molecule has 1 aromatic carbocycles. The van der Waals surface area contributed by atoms with Gasteiger partial charge in [0.05, 0.1) is 6.54 Å². The second kappa shape index (κ2) is 10.5. The Balaban J connectivity index is 1.78. The number of aromatic nitrogens is 2. The van der Waals surface area contributed by atoms with Crippen molar-refractivity contribution in [3.8, 4) is 0 Å². The van der Waals surface area contributed by atoms with Crippen LogP contribution in [0.4, 0.5) is 0 Å². The molecular weight excluding hydrogens is 310 g/mol. The topological polar surface area (TPSA) is 54.2 Å². The van der Waals surface area contributed by atoms with Crippen molar-refractivity contribution in [2.24, 2.45) is 4.99 Å². The Morgan fingerprint density at radius 1 is 1.12 bits per heavy atom. The van der Waals surface area contributed by atoms with Crippen molar-refractivity contribution in [1.82, 2.24) is 20.2 Å². The predicted octanol–water partition coefficient (Wildman–Crippen LogP) is 3.29. The molecule has 5 heteroatoms. The Kier molecular flexibility index (Phi) is 8.02. The molecule has 1 aromatic heterocycles. The highest BCUT2D eigenvalue weighted by atomic mass is 15.2. The first kappa shape index (κ1) is 19.0. The highest BCUT2D eigenvalue weighted by molar-refractivity contribution is 5.79. The Bertz CT molecular complexity index is 660. The molecule has 0 fully saturated rings. The summed E-state index contributed by atoms with van der Waals surface area (Å²) in [5.74, 6) is 1.98. The summed E-state index contributed by atoms with van der Waals surface area (Å²) in [6, 6.07) is 8.53. The van der Waals surface area contributed by atoms with Crippen molar-refractivity contribution < 1.29 is 0 Å². The number of hydrogen-bond acceptors (Lipinski definition) is 2. The molecule has 2 N–H and O–H groups in total. The molecule has 0 aliphatic heterocycles. The fourth-order valence-corrected chi connectivity index (χ4v) is 2.82. The average Bonchev–Trinajstić information content (AvgIpc) is 3.04. The van der Waals surface area contributed by atoms with Gasteiger partial charge in [-0.2, -0.15) is 0 Å². The van der Waals surface area contributed by atoms with E-state index in [9.17, 15) is 0 Å². The molecule has 0 aliphatic carbocycles. The minimum Gasteiger partial charge on any atom is -0.357 e. The van der Waals surface area contributed by atoms with E-state index >= 15 is 0 Å². The molecule has 0 aliphatic rings. The lowest BCUT2D eigenvalue weighted by molar-refractivity contribution is 0.588. The van der Waals surface area contributed by atoms with Crippen LogP contribution in [0.25, 0.3) is 0 Å². The smallest absolute Gasteiger partial charge is 0.191 e. The lowest BCUT2D eigenvalue weighted by atomic mass is 10.1. The molecule has 0 unspecified atom stereocenters. The highest BCUT2D eigenvalue weighted by Gasteiger charge is 2.01. The zero-order valence-electron chi connectivity index (χ0n) is 15.8. The van der Waals surface area contributed by atoms with E-state index in [1.807, 2.05) is 19.3 Å². The first-order valence-electron chi connectivity index (χ1n) is 9.31. The molecule has 0 atom stereocenters. The summed E-state index contributed by atoms with van der Waals surface area (Å²) in [6.07, 6.45) is 7.18. The second-order valence-electron chi connectivity index (χ2n) is 6.12. The van der Waals surface area contributed by atoms with E-state index in [0.29, 0.717) is 6.54 Å². The molecule has 0 bridgehead atoms. The molecule has 25 heavy (non-hydrogen) atoms. The van der Waals surface area contributed by atoms with Gasteiger partial charge in [0.25, 0.3) is 0 Å². The first-order chi connectivity index (χ1) is 12.2. The monoisotopic (exact) mass is 341 g/mol. The van der Waals surface area contributed by atoms with Gasteiger partial charge in [0.2, 0.25) is 0 Å². The normalized spacial score (nSPS) is 11.6. The van der Waals surface area contributed by atoms with Crippen molar-refractivity contribution in [1.29, 1.82) is 0 Å². The summed E-state index contributed by atoms with van der Waals surface area (Å²) in [4.78, 5) is 8.99. The van der Waals surface area contributed by atoms with Crippen LogP contribution in [-0.4, -0.2) is 28.6 Å². The van der Waals surface area contributed by atoms with Crippen molar-refractivity contribution in [3.63, 3.8) is 0 Å². The Morgan fingerprint density at radius 2 is 1.92 bits per heavy atom. The minimum atomic E-state index is 0.716. The van der Waals surface area contributed by atoms with Crippen molar-refractivity contribution in [2.75, 3.05) is 13.1 Å². The maximum absolute atomic E-state index is 4.73. The van der Waals surface area contributed by atoms with Gasteiger partial charge in [-0.1, -0.05) is 31.2 Å². The van der Waals surface area contributed by atoms with Crippen LogP contribution in [0, 0.1) is 6.92 Å². The first-order valence-corrected chi connectivity index (χ1v) is 9.31. The Hall–Kier alpha value is -2.30. The third-order valence-electron chi connectivity index (χ3n) is 4.29. The van der Waals surface area contributed by atoms with Crippen LogP contribution in [0.15, 0.2) is 41.7 Å². The van der Waals surface area contributed by atoms with E-state index in [0.717, 1.165) is 50.7 Å². The van der Waals surface area contributed by atoms with Crippen LogP contribution in [0.3, 0.4) is 0 Å². The molecule has 0 radical (unpaired) electrons. The Labute approximate surface area is 151 Å². The molecule has 1 heterocycles. The largest absolute Gasteiger partial charge is 0.357 e. The van der Waals surface area contributed by atoms with E-state index in [-0.39, 0.29) is 0 Å². The predicted molar refractivity (Wildman–Crippen MR) is 105 cm³/mol. The zero-order chi connectivity index (χ0) is 17.9. The molecule has 0 saturated heterocycles. The SMILES string of the molecule is CCNC(=NCc1ccccc1CC)NCCCCn1ccnc1C. The van der Waals surface area contributed by atoms with Gasteiger partial charge in [-0.15, -0.1) is 0 Å². The summed E-state index contributed by atoms with van der Waals surface area (Å²) in [7, 11) is 0.